The highest BCUT2D eigenvalue weighted by atomic mass is 35.5. The molecular weight excluding hydrogens is 304 g/mol. The number of amides is 1. The number of benzene rings is 2. The third-order valence-corrected chi connectivity index (χ3v) is 4.09. The van der Waals surface area contributed by atoms with Crippen molar-refractivity contribution in [1.82, 2.24) is 0 Å². The molecule has 0 aliphatic heterocycles. The zero-order valence-electron chi connectivity index (χ0n) is 11.4. The zero-order valence-corrected chi connectivity index (χ0v) is 13.0. The molecule has 0 bridgehead atoms. The molecule has 3 nitrogen and oxygen atoms in total. The van der Waals surface area contributed by atoms with Crippen molar-refractivity contribution >= 4 is 35.0 Å². The number of carbonyl (C=O) groups excluding carboxylic acids is 1. The van der Waals surface area contributed by atoms with Crippen LogP contribution in [-0.2, 0) is 4.79 Å². The maximum Gasteiger partial charge on any atom is 0.234 e. The lowest BCUT2D eigenvalue weighted by Crippen LogP contribution is -2.13. The number of anilines is 1. The van der Waals surface area contributed by atoms with E-state index in [2.05, 4.69) is 5.32 Å². The van der Waals surface area contributed by atoms with E-state index in [9.17, 15) is 4.79 Å². The van der Waals surface area contributed by atoms with Crippen LogP contribution in [0.4, 0.5) is 5.69 Å². The van der Waals surface area contributed by atoms with Crippen LogP contribution < -0.4 is 5.32 Å². The molecule has 1 N–H and O–H groups in total. The molecule has 0 radical (unpaired) electrons. The number of hydrogen-bond acceptors (Lipinski definition) is 3. The van der Waals surface area contributed by atoms with Crippen LogP contribution in [-0.4, -0.2) is 11.7 Å². The Labute approximate surface area is 132 Å². The highest BCUT2D eigenvalue weighted by Gasteiger charge is 2.06. The summed E-state index contributed by atoms with van der Waals surface area (Å²) in [5, 5.41) is 11.9. The van der Waals surface area contributed by atoms with Crippen LogP contribution in [0.2, 0.25) is 5.02 Å². The van der Waals surface area contributed by atoms with Gasteiger partial charge in [0.1, 0.15) is 6.07 Å². The van der Waals surface area contributed by atoms with E-state index in [-0.39, 0.29) is 5.91 Å². The minimum atomic E-state index is -0.110. The highest BCUT2D eigenvalue weighted by Crippen LogP contribution is 2.21. The fraction of sp³-hybridized carbons (Fsp3) is 0.125. The maximum absolute atomic E-state index is 11.9. The summed E-state index contributed by atoms with van der Waals surface area (Å²) in [6.07, 6.45) is 0. The van der Waals surface area contributed by atoms with Gasteiger partial charge >= 0.3 is 0 Å². The van der Waals surface area contributed by atoms with Gasteiger partial charge in [-0.15, -0.1) is 11.8 Å². The van der Waals surface area contributed by atoms with E-state index in [0.717, 1.165) is 4.90 Å². The molecule has 1 amide bonds. The van der Waals surface area contributed by atoms with Crippen LogP contribution in [0.3, 0.4) is 0 Å². The summed E-state index contributed by atoms with van der Waals surface area (Å²) in [5.41, 5.74) is 2.17. The van der Waals surface area contributed by atoms with Gasteiger partial charge in [0.05, 0.1) is 16.3 Å². The number of rotatable bonds is 4. The van der Waals surface area contributed by atoms with E-state index in [1.807, 2.05) is 37.3 Å². The van der Waals surface area contributed by atoms with Crippen molar-refractivity contribution in [3.63, 3.8) is 0 Å². The average molecular weight is 317 g/mol. The van der Waals surface area contributed by atoms with Crippen molar-refractivity contribution in [3.05, 3.63) is 58.6 Å². The molecule has 0 saturated heterocycles. The van der Waals surface area contributed by atoms with Gasteiger partial charge in [0.2, 0.25) is 5.91 Å². The second-order valence-corrected chi connectivity index (χ2v) is 5.91. The number of carbonyl (C=O) groups is 1. The predicted octanol–water partition coefficient (Wildman–Crippen LogP) is 4.25. The number of halogens is 1. The van der Waals surface area contributed by atoms with Crippen molar-refractivity contribution in [2.75, 3.05) is 11.1 Å². The lowest BCUT2D eigenvalue weighted by atomic mass is 10.2. The first-order chi connectivity index (χ1) is 10.1. The van der Waals surface area contributed by atoms with Crippen LogP contribution in [0.5, 0.6) is 0 Å². The normalized spacial score (nSPS) is 9.95. The third kappa shape index (κ3) is 4.52. The van der Waals surface area contributed by atoms with E-state index >= 15 is 0 Å². The molecule has 0 spiro atoms. The Morgan fingerprint density at radius 3 is 2.62 bits per heavy atom. The number of nitriles is 1. The number of aryl methyl sites for hydroxylation is 1. The molecule has 21 heavy (non-hydrogen) atoms. The average Bonchev–Trinajstić information content (AvgIpc) is 2.47. The summed E-state index contributed by atoms with van der Waals surface area (Å²) in [4.78, 5) is 12.9. The molecule has 5 heteroatoms. The minimum absolute atomic E-state index is 0.110. The Bertz CT molecular complexity index is 692. The summed E-state index contributed by atoms with van der Waals surface area (Å²) in [6, 6.07) is 14.8. The molecule has 2 aromatic rings. The Morgan fingerprint density at radius 1 is 1.29 bits per heavy atom. The first kappa shape index (κ1) is 15.4. The Morgan fingerprint density at radius 2 is 2.00 bits per heavy atom. The van der Waals surface area contributed by atoms with E-state index in [1.54, 1.807) is 18.2 Å². The van der Waals surface area contributed by atoms with Crippen LogP contribution >= 0.6 is 23.4 Å². The van der Waals surface area contributed by atoms with Gasteiger partial charge < -0.3 is 5.32 Å². The van der Waals surface area contributed by atoms with Crippen molar-refractivity contribution in [3.8, 4) is 6.07 Å². The van der Waals surface area contributed by atoms with Gasteiger partial charge in [-0.3, -0.25) is 4.79 Å². The number of thioether (sulfide) groups is 1. The van der Waals surface area contributed by atoms with Gasteiger partial charge in [0, 0.05) is 10.6 Å². The molecule has 0 aliphatic rings. The fourth-order valence-electron chi connectivity index (χ4n) is 1.66. The molecule has 0 aromatic heterocycles. The molecule has 0 saturated carbocycles. The van der Waals surface area contributed by atoms with Gasteiger partial charge in [-0.05, 0) is 37.3 Å². The van der Waals surface area contributed by atoms with E-state index in [1.165, 1.54) is 17.3 Å². The van der Waals surface area contributed by atoms with Crippen LogP contribution in [0.15, 0.2) is 47.4 Å². The van der Waals surface area contributed by atoms with Gasteiger partial charge in [-0.2, -0.15) is 5.26 Å². The summed E-state index contributed by atoms with van der Waals surface area (Å²) >= 11 is 7.39. The molecule has 2 aromatic carbocycles. The lowest BCUT2D eigenvalue weighted by Gasteiger charge is -2.06. The van der Waals surface area contributed by atoms with Gasteiger partial charge in [0.25, 0.3) is 0 Å². The zero-order chi connectivity index (χ0) is 15.2. The molecule has 0 atom stereocenters. The van der Waals surface area contributed by atoms with E-state index in [4.69, 9.17) is 16.9 Å². The van der Waals surface area contributed by atoms with Gasteiger partial charge in [-0.25, -0.2) is 0 Å². The number of nitrogens with one attached hydrogen (secondary N) is 1. The summed E-state index contributed by atoms with van der Waals surface area (Å²) in [5.74, 6) is 0.210. The molecular formula is C16H13ClN2OS. The lowest BCUT2D eigenvalue weighted by molar-refractivity contribution is -0.113. The maximum atomic E-state index is 11.9. The monoisotopic (exact) mass is 316 g/mol. The van der Waals surface area contributed by atoms with Crippen molar-refractivity contribution in [2.24, 2.45) is 0 Å². The van der Waals surface area contributed by atoms with Gasteiger partial charge in [0.15, 0.2) is 0 Å². The van der Waals surface area contributed by atoms with Crippen molar-refractivity contribution in [2.45, 2.75) is 11.8 Å². The second kappa shape index (κ2) is 7.16. The summed E-state index contributed by atoms with van der Waals surface area (Å²) in [6.45, 7) is 2.02. The molecule has 0 heterocycles. The standard InChI is InChI=1S/C16H13ClN2OS/c1-11-2-6-14(7-3-11)21-10-16(20)19-13-5-4-12(9-18)15(17)8-13/h2-8H,10H2,1H3,(H,19,20). The Balaban J connectivity index is 1.91. The Hall–Kier alpha value is -1.96. The number of nitrogens with zero attached hydrogens (tertiary/aromatic N) is 1. The first-order valence-electron chi connectivity index (χ1n) is 6.27. The van der Waals surface area contributed by atoms with Crippen LogP contribution in [0.1, 0.15) is 11.1 Å². The Kier molecular flexibility index (Phi) is 5.26. The third-order valence-electron chi connectivity index (χ3n) is 2.76. The topological polar surface area (TPSA) is 52.9 Å². The van der Waals surface area contributed by atoms with Crippen LogP contribution in [0.25, 0.3) is 0 Å². The fourth-order valence-corrected chi connectivity index (χ4v) is 2.59. The molecule has 0 unspecified atom stereocenters. The summed E-state index contributed by atoms with van der Waals surface area (Å²) in [7, 11) is 0. The predicted molar refractivity (Wildman–Crippen MR) is 86.7 cm³/mol. The largest absolute Gasteiger partial charge is 0.325 e. The van der Waals surface area contributed by atoms with E-state index in [0.29, 0.717) is 22.0 Å². The second-order valence-electron chi connectivity index (χ2n) is 4.46. The molecule has 2 rings (SSSR count). The smallest absolute Gasteiger partial charge is 0.234 e. The first-order valence-corrected chi connectivity index (χ1v) is 7.64. The van der Waals surface area contributed by atoms with Crippen molar-refractivity contribution in [1.29, 1.82) is 5.26 Å². The van der Waals surface area contributed by atoms with Gasteiger partial charge in [-0.1, -0.05) is 29.3 Å². The van der Waals surface area contributed by atoms with Crippen molar-refractivity contribution < 1.29 is 4.79 Å². The highest BCUT2D eigenvalue weighted by molar-refractivity contribution is 8.00. The minimum Gasteiger partial charge on any atom is -0.325 e. The SMILES string of the molecule is Cc1ccc(SCC(=O)Nc2ccc(C#N)c(Cl)c2)cc1. The quantitative estimate of drug-likeness (QED) is 0.858. The van der Waals surface area contributed by atoms with E-state index < -0.39 is 0 Å². The van der Waals surface area contributed by atoms with Crippen LogP contribution in [0, 0.1) is 18.3 Å². The summed E-state index contributed by atoms with van der Waals surface area (Å²) < 4.78 is 0. The molecule has 106 valence electrons. The number of hydrogen-bond donors (Lipinski definition) is 1. The molecule has 0 fully saturated rings. The molecule has 0 aliphatic carbocycles.